The zero-order valence-electron chi connectivity index (χ0n) is 8.99. The van der Waals surface area contributed by atoms with Crippen LogP contribution in [0.15, 0.2) is 22.9 Å². The van der Waals surface area contributed by atoms with Crippen molar-refractivity contribution >= 4 is 43.7 Å². The van der Waals surface area contributed by atoms with Gasteiger partial charge in [-0.2, -0.15) is 0 Å². The van der Waals surface area contributed by atoms with E-state index in [4.69, 9.17) is 10.5 Å². The van der Waals surface area contributed by atoms with Crippen molar-refractivity contribution in [2.45, 2.75) is 0 Å². The van der Waals surface area contributed by atoms with Crippen LogP contribution in [0.3, 0.4) is 0 Å². The lowest BCUT2D eigenvalue weighted by atomic mass is 10.2. The molecule has 86 valence electrons. The molecule has 0 spiro atoms. The van der Waals surface area contributed by atoms with Gasteiger partial charge < -0.3 is 15.5 Å². The first kappa shape index (κ1) is 10.3. The van der Waals surface area contributed by atoms with Gasteiger partial charge in [0.1, 0.15) is 23.5 Å². The van der Waals surface area contributed by atoms with Gasteiger partial charge in [0.2, 0.25) is 0 Å². The van der Waals surface area contributed by atoms with Gasteiger partial charge in [0.05, 0.1) is 22.5 Å². The van der Waals surface area contributed by atoms with Crippen LogP contribution in [0.4, 0.5) is 5.82 Å². The fourth-order valence-corrected chi connectivity index (χ4v) is 2.41. The molecule has 0 radical (unpaired) electrons. The van der Waals surface area contributed by atoms with Gasteiger partial charge in [-0.25, -0.2) is 9.97 Å². The minimum Gasteiger partial charge on any atom is -0.495 e. The predicted octanol–water partition coefficient (Wildman–Crippen LogP) is 2.46. The number of anilines is 1. The number of H-pyrrole nitrogens is 1. The summed E-state index contributed by atoms with van der Waals surface area (Å²) in [5, 5.41) is 1.82. The van der Waals surface area contributed by atoms with E-state index in [1.54, 1.807) is 7.11 Å². The number of hydrogen-bond donors (Lipinski definition) is 2. The van der Waals surface area contributed by atoms with E-state index in [1.807, 2.05) is 12.1 Å². The highest BCUT2D eigenvalue weighted by molar-refractivity contribution is 9.10. The second-order valence-corrected chi connectivity index (χ2v) is 4.49. The highest BCUT2D eigenvalue weighted by Crippen LogP contribution is 2.34. The number of benzene rings is 1. The van der Waals surface area contributed by atoms with Crippen LogP contribution < -0.4 is 10.5 Å². The molecule has 0 saturated heterocycles. The molecule has 0 aliphatic heterocycles. The second-order valence-electron chi connectivity index (χ2n) is 3.64. The minimum atomic E-state index is 0.471. The second kappa shape index (κ2) is 3.59. The number of nitrogens with two attached hydrogens (primary N) is 1. The van der Waals surface area contributed by atoms with Crippen molar-refractivity contribution in [3.8, 4) is 5.75 Å². The molecule has 0 atom stereocenters. The molecular weight excluding hydrogens is 284 g/mol. The number of rotatable bonds is 1. The smallest absolute Gasteiger partial charge is 0.143 e. The van der Waals surface area contributed by atoms with E-state index in [0.717, 1.165) is 32.2 Å². The molecule has 0 saturated carbocycles. The van der Waals surface area contributed by atoms with Crippen molar-refractivity contribution in [1.82, 2.24) is 15.0 Å². The quantitative estimate of drug-likeness (QED) is 0.722. The molecule has 2 aromatic heterocycles. The van der Waals surface area contributed by atoms with Gasteiger partial charge in [-0.05, 0) is 22.0 Å². The number of nitrogen functional groups attached to an aromatic ring is 1. The zero-order chi connectivity index (χ0) is 12.0. The molecule has 3 aromatic rings. The number of fused-ring (bicyclic) bond motifs is 3. The van der Waals surface area contributed by atoms with Crippen molar-refractivity contribution in [3.63, 3.8) is 0 Å². The van der Waals surface area contributed by atoms with Gasteiger partial charge in [-0.3, -0.25) is 0 Å². The van der Waals surface area contributed by atoms with Crippen LogP contribution in [0.1, 0.15) is 0 Å². The van der Waals surface area contributed by atoms with Crippen molar-refractivity contribution < 1.29 is 4.74 Å². The number of halogens is 1. The predicted molar refractivity (Wildman–Crippen MR) is 70.1 cm³/mol. The van der Waals surface area contributed by atoms with Crippen LogP contribution in [0.25, 0.3) is 21.9 Å². The Hall–Kier alpha value is -1.82. The van der Waals surface area contributed by atoms with Crippen molar-refractivity contribution in [2.24, 2.45) is 0 Å². The standard InChI is InChI=1S/C11H9BrN4O/c1-17-8-3-7-5(2-6(8)12)9-10(13)14-4-15-11(9)16-7/h2-4H,1H3,(H3,13,14,15,16). The maximum Gasteiger partial charge on any atom is 0.143 e. The van der Waals surface area contributed by atoms with Crippen molar-refractivity contribution in [3.05, 3.63) is 22.9 Å². The lowest BCUT2D eigenvalue weighted by molar-refractivity contribution is 0.413. The van der Waals surface area contributed by atoms with Crippen LogP contribution in [0.2, 0.25) is 0 Å². The van der Waals surface area contributed by atoms with Gasteiger partial charge in [0.15, 0.2) is 0 Å². The molecule has 0 aliphatic carbocycles. The molecule has 3 N–H and O–H groups in total. The Morgan fingerprint density at radius 3 is 2.94 bits per heavy atom. The number of methoxy groups -OCH3 is 1. The van der Waals surface area contributed by atoms with E-state index in [1.165, 1.54) is 6.33 Å². The third-order valence-electron chi connectivity index (χ3n) is 2.69. The summed E-state index contributed by atoms with van der Waals surface area (Å²) in [6.07, 6.45) is 1.44. The lowest BCUT2D eigenvalue weighted by Crippen LogP contribution is -1.91. The first-order valence-electron chi connectivity index (χ1n) is 4.96. The van der Waals surface area contributed by atoms with E-state index < -0.39 is 0 Å². The molecule has 0 fully saturated rings. The minimum absolute atomic E-state index is 0.471. The topological polar surface area (TPSA) is 76.8 Å². The Labute approximate surface area is 105 Å². The number of ether oxygens (including phenoxy) is 1. The van der Waals surface area contributed by atoms with E-state index in [-0.39, 0.29) is 0 Å². The summed E-state index contributed by atoms with van der Waals surface area (Å²) in [5.74, 6) is 1.23. The maximum absolute atomic E-state index is 5.87. The number of hydrogen-bond acceptors (Lipinski definition) is 4. The average Bonchev–Trinajstić information content (AvgIpc) is 2.66. The molecule has 0 bridgehead atoms. The molecule has 2 heterocycles. The maximum atomic E-state index is 5.87. The van der Waals surface area contributed by atoms with Gasteiger partial charge in [0, 0.05) is 11.5 Å². The van der Waals surface area contributed by atoms with E-state index in [0.29, 0.717) is 5.82 Å². The Morgan fingerprint density at radius 1 is 1.35 bits per heavy atom. The van der Waals surface area contributed by atoms with Crippen molar-refractivity contribution in [2.75, 3.05) is 12.8 Å². The molecule has 0 unspecified atom stereocenters. The van der Waals surface area contributed by atoms with E-state index in [2.05, 4.69) is 30.9 Å². The first-order chi connectivity index (χ1) is 8.20. The summed E-state index contributed by atoms with van der Waals surface area (Å²) in [5.41, 5.74) is 7.52. The zero-order valence-corrected chi connectivity index (χ0v) is 10.6. The highest BCUT2D eigenvalue weighted by atomic mass is 79.9. The van der Waals surface area contributed by atoms with Crippen molar-refractivity contribution in [1.29, 1.82) is 0 Å². The Morgan fingerprint density at radius 2 is 2.18 bits per heavy atom. The Kier molecular flexibility index (Phi) is 2.19. The normalized spacial score (nSPS) is 11.2. The molecule has 0 aliphatic rings. The monoisotopic (exact) mass is 292 g/mol. The first-order valence-corrected chi connectivity index (χ1v) is 5.75. The van der Waals surface area contributed by atoms with E-state index >= 15 is 0 Å². The van der Waals surface area contributed by atoms with Gasteiger partial charge >= 0.3 is 0 Å². The van der Waals surface area contributed by atoms with Gasteiger partial charge in [-0.1, -0.05) is 0 Å². The Balaban J connectivity index is 2.49. The molecule has 3 rings (SSSR count). The molecule has 17 heavy (non-hydrogen) atoms. The third-order valence-corrected chi connectivity index (χ3v) is 3.31. The van der Waals surface area contributed by atoms with Crippen LogP contribution in [-0.2, 0) is 0 Å². The highest BCUT2D eigenvalue weighted by Gasteiger charge is 2.11. The number of aromatic nitrogens is 3. The van der Waals surface area contributed by atoms with Gasteiger partial charge in [-0.15, -0.1) is 0 Å². The number of aromatic amines is 1. The summed E-state index contributed by atoms with van der Waals surface area (Å²) in [4.78, 5) is 11.4. The van der Waals surface area contributed by atoms with E-state index in [9.17, 15) is 0 Å². The average molecular weight is 293 g/mol. The Bertz CT molecular complexity index is 722. The number of nitrogens with zero attached hydrogens (tertiary/aromatic N) is 2. The SMILES string of the molecule is COc1cc2[nH]c3ncnc(N)c3c2cc1Br. The van der Waals surface area contributed by atoms with Crippen LogP contribution in [0.5, 0.6) is 5.75 Å². The van der Waals surface area contributed by atoms with Crippen LogP contribution in [-0.4, -0.2) is 22.1 Å². The summed E-state index contributed by atoms with van der Waals surface area (Å²) in [6.45, 7) is 0. The van der Waals surface area contributed by atoms with Gasteiger partial charge in [0.25, 0.3) is 0 Å². The molecule has 6 heteroatoms. The third kappa shape index (κ3) is 1.44. The fraction of sp³-hybridized carbons (Fsp3) is 0.0909. The summed E-state index contributed by atoms with van der Waals surface area (Å²) in [6, 6.07) is 3.85. The molecular formula is C11H9BrN4O. The van der Waals surface area contributed by atoms with Crippen LogP contribution in [0, 0.1) is 0 Å². The summed E-state index contributed by atoms with van der Waals surface area (Å²) in [7, 11) is 1.63. The summed E-state index contributed by atoms with van der Waals surface area (Å²) >= 11 is 3.45. The molecule has 0 amide bonds. The van der Waals surface area contributed by atoms with Crippen LogP contribution >= 0.6 is 15.9 Å². The molecule has 1 aromatic carbocycles. The lowest BCUT2D eigenvalue weighted by Gasteiger charge is -2.02. The fourth-order valence-electron chi connectivity index (χ4n) is 1.91. The largest absolute Gasteiger partial charge is 0.495 e. The number of nitrogens with one attached hydrogen (secondary N) is 1. The summed E-state index contributed by atoms with van der Waals surface area (Å²) < 4.78 is 6.12. The molecule has 5 nitrogen and oxygen atoms in total.